The number of hydrogen-bond donors (Lipinski definition) is 1. The summed E-state index contributed by atoms with van der Waals surface area (Å²) in [4.78, 5) is 13.0. The van der Waals surface area contributed by atoms with Crippen LogP contribution < -0.4 is 10.1 Å². The predicted octanol–water partition coefficient (Wildman–Crippen LogP) is 3.43. The molecule has 1 N–H and O–H groups in total. The van der Waals surface area contributed by atoms with Crippen molar-refractivity contribution in [3.05, 3.63) is 40.6 Å². The number of anilines is 1. The van der Waals surface area contributed by atoms with E-state index in [0.29, 0.717) is 35.3 Å². The summed E-state index contributed by atoms with van der Waals surface area (Å²) < 4.78 is 32.4. The van der Waals surface area contributed by atoms with Crippen LogP contribution in [0, 0.1) is 5.92 Å². The molecule has 0 aliphatic carbocycles. The number of rotatable bonds is 5. The minimum Gasteiger partial charge on any atom is -0.495 e. The Morgan fingerprint density at radius 3 is 2.85 bits per heavy atom. The Balaban J connectivity index is 1.77. The maximum Gasteiger partial charge on any atom is 0.265 e. The van der Waals surface area contributed by atoms with E-state index < -0.39 is 10.0 Å². The molecule has 0 spiro atoms. The van der Waals surface area contributed by atoms with Crippen LogP contribution in [0.1, 0.15) is 29.4 Å². The van der Waals surface area contributed by atoms with E-state index >= 15 is 0 Å². The summed E-state index contributed by atoms with van der Waals surface area (Å²) >= 11 is 1.12. The summed E-state index contributed by atoms with van der Waals surface area (Å²) in [5.74, 6) is 0.547. The molecule has 26 heavy (non-hydrogen) atoms. The number of nitrogens with one attached hydrogen (secondary N) is 1. The molecule has 6 nitrogen and oxygen atoms in total. The Morgan fingerprint density at radius 1 is 1.35 bits per heavy atom. The normalized spacial score (nSPS) is 18.5. The van der Waals surface area contributed by atoms with Gasteiger partial charge in [-0.15, -0.1) is 11.3 Å². The lowest BCUT2D eigenvalue weighted by atomic mass is 10.0. The Labute approximate surface area is 157 Å². The number of thiophene rings is 1. The average molecular weight is 395 g/mol. The van der Waals surface area contributed by atoms with Gasteiger partial charge < -0.3 is 10.1 Å². The highest BCUT2D eigenvalue weighted by Gasteiger charge is 2.30. The van der Waals surface area contributed by atoms with Crippen LogP contribution in [0.5, 0.6) is 5.75 Å². The molecule has 2 aromatic rings. The van der Waals surface area contributed by atoms with E-state index in [-0.39, 0.29) is 10.8 Å². The van der Waals surface area contributed by atoms with Crippen molar-refractivity contribution < 1.29 is 17.9 Å². The molecule has 2 heterocycles. The first-order valence-electron chi connectivity index (χ1n) is 8.45. The van der Waals surface area contributed by atoms with Crippen LogP contribution in [0.3, 0.4) is 0 Å². The second-order valence-electron chi connectivity index (χ2n) is 6.41. The highest BCUT2D eigenvalue weighted by atomic mass is 32.2. The SMILES string of the molecule is COc1ccccc1NC(=O)c1cc(S(=O)(=O)N2CCCC(C)C2)cs1. The zero-order valence-electron chi connectivity index (χ0n) is 14.8. The smallest absolute Gasteiger partial charge is 0.265 e. The standard InChI is InChI=1S/C18H22N2O4S2/c1-13-6-5-9-20(11-13)26(22,23)14-10-17(25-12-14)18(21)19-15-7-3-4-8-16(15)24-2/h3-4,7-8,10,12-13H,5-6,9,11H2,1-2H3,(H,19,21). The molecule has 140 valence electrons. The maximum atomic E-state index is 12.8. The molecule has 1 unspecified atom stereocenters. The molecule has 0 bridgehead atoms. The Bertz CT molecular complexity index is 892. The first kappa shape index (κ1) is 18.9. The van der Waals surface area contributed by atoms with Crippen LogP contribution in [0.25, 0.3) is 0 Å². The van der Waals surface area contributed by atoms with Gasteiger partial charge in [0.2, 0.25) is 10.0 Å². The largest absolute Gasteiger partial charge is 0.495 e. The fourth-order valence-corrected chi connectivity index (χ4v) is 5.77. The minimum atomic E-state index is -3.55. The van der Waals surface area contributed by atoms with Gasteiger partial charge in [0, 0.05) is 18.5 Å². The van der Waals surface area contributed by atoms with E-state index in [2.05, 4.69) is 12.2 Å². The molecule has 0 radical (unpaired) electrons. The van der Waals surface area contributed by atoms with Crippen LogP contribution in [0.4, 0.5) is 5.69 Å². The van der Waals surface area contributed by atoms with Gasteiger partial charge in [0.1, 0.15) is 5.75 Å². The topological polar surface area (TPSA) is 75.7 Å². The van der Waals surface area contributed by atoms with Gasteiger partial charge in [-0.3, -0.25) is 4.79 Å². The first-order valence-corrected chi connectivity index (χ1v) is 10.8. The third-order valence-corrected chi connectivity index (χ3v) is 7.33. The van der Waals surface area contributed by atoms with Gasteiger partial charge in [-0.2, -0.15) is 4.31 Å². The van der Waals surface area contributed by atoms with Crippen LogP contribution in [0.15, 0.2) is 40.6 Å². The van der Waals surface area contributed by atoms with E-state index in [1.165, 1.54) is 22.9 Å². The van der Waals surface area contributed by atoms with E-state index in [4.69, 9.17) is 4.74 Å². The van der Waals surface area contributed by atoms with Gasteiger partial charge in [0.25, 0.3) is 5.91 Å². The number of carbonyl (C=O) groups is 1. The lowest BCUT2D eigenvalue weighted by Gasteiger charge is -2.29. The summed E-state index contributed by atoms with van der Waals surface area (Å²) in [6, 6.07) is 8.53. The van der Waals surface area contributed by atoms with Crippen LogP contribution >= 0.6 is 11.3 Å². The second-order valence-corrected chi connectivity index (χ2v) is 9.26. The highest BCUT2D eigenvalue weighted by Crippen LogP contribution is 2.28. The number of carbonyl (C=O) groups excluding carboxylic acids is 1. The number of para-hydroxylation sites is 2. The number of sulfonamides is 1. The van der Waals surface area contributed by atoms with Crippen molar-refractivity contribution in [3.63, 3.8) is 0 Å². The number of hydrogen-bond acceptors (Lipinski definition) is 5. The number of benzene rings is 1. The van der Waals surface area contributed by atoms with Gasteiger partial charge in [0.15, 0.2) is 0 Å². The van der Waals surface area contributed by atoms with Gasteiger partial charge in [-0.25, -0.2) is 8.42 Å². The third kappa shape index (κ3) is 3.92. The maximum absolute atomic E-state index is 12.8. The lowest BCUT2D eigenvalue weighted by Crippen LogP contribution is -2.38. The average Bonchev–Trinajstić information content (AvgIpc) is 3.13. The molecule has 1 amide bonds. The highest BCUT2D eigenvalue weighted by molar-refractivity contribution is 7.89. The molecule has 1 saturated heterocycles. The molecule has 1 aliphatic heterocycles. The van der Waals surface area contributed by atoms with E-state index in [1.807, 2.05) is 6.07 Å². The molecule has 1 fully saturated rings. The molecule has 8 heteroatoms. The quantitative estimate of drug-likeness (QED) is 0.843. The van der Waals surface area contributed by atoms with Gasteiger partial charge in [-0.1, -0.05) is 19.1 Å². The van der Waals surface area contributed by atoms with Crippen molar-refractivity contribution in [2.75, 3.05) is 25.5 Å². The fourth-order valence-electron chi connectivity index (χ4n) is 3.02. The molecule has 0 saturated carbocycles. The summed E-state index contributed by atoms with van der Waals surface area (Å²) in [5, 5.41) is 4.30. The first-order chi connectivity index (χ1) is 12.4. The molecule has 1 aliphatic rings. The van der Waals surface area contributed by atoms with Gasteiger partial charge in [0.05, 0.1) is 22.6 Å². The van der Waals surface area contributed by atoms with Crippen molar-refractivity contribution >= 4 is 33.0 Å². The van der Waals surface area contributed by atoms with E-state index in [9.17, 15) is 13.2 Å². The summed E-state index contributed by atoms with van der Waals surface area (Å²) in [5.41, 5.74) is 0.544. The third-order valence-electron chi connectivity index (χ3n) is 4.41. The Kier molecular flexibility index (Phi) is 5.64. The molecule has 3 rings (SSSR count). The van der Waals surface area contributed by atoms with Crippen LogP contribution in [-0.2, 0) is 10.0 Å². The fraction of sp³-hybridized carbons (Fsp3) is 0.389. The number of ether oxygens (including phenoxy) is 1. The van der Waals surface area contributed by atoms with Crippen molar-refractivity contribution in [2.24, 2.45) is 5.92 Å². The Hall–Kier alpha value is -1.90. The van der Waals surface area contributed by atoms with Crippen molar-refractivity contribution in [3.8, 4) is 5.75 Å². The number of methoxy groups -OCH3 is 1. The van der Waals surface area contributed by atoms with Gasteiger partial charge in [-0.05, 0) is 37.0 Å². The lowest BCUT2D eigenvalue weighted by molar-refractivity contribution is 0.103. The van der Waals surface area contributed by atoms with Gasteiger partial charge >= 0.3 is 0 Å². The zero-order chi connectivity index (χ0) is 18.7. The molecular weight excluding hydrogens is 372 g/mol. The molecule has 1 aromatic heterocycles. The van der Waals surface area contributed by atoms with Crippen molar-refractivity contribution in [1.29, 1.82) is 0 Å². The minimum absolute atomic E-state index is 0.182. The summed E-state index contributed by atoms with van der Waals surface area (Å²) in [7, 11) is -2.03. The monoisotopic (exact) mass is 394 g/mol. The van der Waals surface area contributed by atoms with Crippen LogP contribution in [0.2, 0.25) is 0 Å². The van der Waals surface area contributed by atoms with E-state index in [0.717, 1.165) is 24.2 Å². The number of amides is 1. The van der Waals surface area contributed by atoms with Crippen molar-refractivity contribution in [2.45, 2.75) is 24.7 Å². The Morgan fingerprint density at radius 2 is 2.12 bits per heavy atom. The summed E-state index contributed by atoms with van der Waals surface area (Å²) in [6.07, 6.45) is 1.91. The molecule has 1 atom stereocenters. The second kappa shape index (κ2) is 7.77. The molecule has 1 aromatic carbocycles. The van der Waals surface area contributed by atoms with Crippen LogP contribution in [-0.4, -0.2) is 38.8 Å². The van der Waals surface area contributed by atoms with Crippen molar-refractivity contribution in [1.82, 2.24) is 4.31 Å². The summed E-state index contributed by atoms with van der Waals surface area (Å²) in [6.45, 7) is 3.12. The number of nitrogens with zero attached hydrogens (tertiary/aromatic N) is 1. The zero-order valence-corrected chi connectivity index (χ0v) is 16.4. The number of piperidine rings is 1. The molecular formula is C18H22N2O4S2. The predicted molar refractivity (Wildman–Crippen MR) is 102 cm³/mol. The van der Waals surface area contributed by atoms with E-state index in [1.54, 1.807) is 18.2 Å².